The van der Waals surface area contributed by atoms with Crippen molar-refractivity contribution in [2.24, 2.45) is 0 Å². The van der Waals surface area contributed by atoms with Crippen LogP contribution in [0.3, 0.4) is 0 Å². The summed E-state index contributed by atoms with van der Waals surface area (Å²) in [6.45, 7) is 2.93. The lowest BCUT2D eigenvalue weighted by Gasteiger charge is -2.14. The number of rotatable bonds is 7. The Labute approximate surface area is 220 Å². The van der Waals surface area contributed by atoms with Crippen LogP contribution in [0.15, 0.2) is 89.8 Å². The van der Waals surface area contributed by atoms with Crippen LogP contribution in [0.5, 0.6) is 11.5 Å². The molecular formula is C30H25NO3S2. The van der Waals surface area contributed by atoms with Gasteiger partial charge in [-0.2, -0.15) is 0 Å². The number of methoxy groups -OCH3 is 1. The van der Waals surface area contributed by atoms with Gasteiger partial charge < -0.3 is 9.47 Å². The van der Waals surface area contributed by atoms with E-state index in [0.29, 0.717) is 33.9 Å². The second-order valence-corrected chi connectivity index (χ2v) is 10.3. The number of hydrogen-bond donors (Lipinski definition) is 0. The molecule has 0 spiro atoms. The van der Waals surface area contributed by atoms with Crippen molar-refractivity contribution in [1.29, 1.82) is 0 Å². The molecule has 0 saturated carbocycles. The minimum absolute atomic E-state index is 0.0826. The summed E-state index contributed by atoms with van der Waals surface area (Å²) in [4.78, 5) is 15.3. The molecule has 1 aliphatic heterocycles. The molecule has 5 rings (SSSR count). The van der Waals surface area contributed by atoms with Crippen LogP contribution in [0.25, 0.3) is 16.8 Å². The average Bonchev–Trinajstić information content (AvgIpc) is 3.16. The lowest BCUT2D eigenvalue weighted by Crippen LogP contribution is -2.27. The first kappa shape index (κ1) is 24.1. The Bertz CT molecular complexity index is 1470. The summed E-state index contributed by atoms with van der Waals surface area (Å²) >= 11 is 6.82. The quantitative estimate of drug-likeness (QED) is 0.195. The summed E-state index contributed by atoms with van der Waals surface area (Å²) < 4.78 is 12.3. The Kier molecular flexibility index (Phi) is 7.07. The van der Waals surface area contributed by atoms with Gasteiger partial charge in [-0.25, -0.2) is 0 Å². The van der Waals surface area contributed by atoms with Gasteiger partial charge in [-0.3, -0.25) is 9.69 Å². The number of benzene rings is 4. The zero-order valence-electron chi connectivity index (χ0n) is 20.1. The van der Waals surface area contributed by atoms with E-state index in [2.05, 4.69) is 24.3 Å². The highest BCUT2D eigenvalue weighted by atomic mass is 32.2. The number of aryl methyl sites for hydroxylation is 1. The zero-order chi connectivity index (χ0) is 25.1. The van der Waals surface area contributed by atoms with Gasteiger partial charge >= 0.3 is 0 Å². The molecule has 36 heavy (non-hydrogen) atoms. The van der Waals surface area contributed by atoms with Crippen LogP contribution in [0, 0.1) is 6.92 Å². The normalized spacial score (nSPS) is 14.6. The molecule has 1 amide bonds. The van der Waals surface area contributed by atoms with E-state index in [9.17, 15) is 4.79 Å². The smallest absolute Gasteiger partial charge is 0.266 e. The molecule has 4 aromatic rings. The van der Waals surface area contributed by atoms with Gasteiger partial charge in [0.2, 0.25) is 0 Å². The molecule has 0 aliphatic carbocycles. The maximum absolute atomic E-state index is 13.1. The number of carbonyl (C=O) groups excluding carboxylic acids is 1. The van der Waals surface area contributed by atoms with Crippen molar-refractivity contribution in [3.8, 4) is 11.5 Å². The van der Waals surface area contributed by atoms with Crippen molar-refractivity contribution in [2.75, 3.05) is 7.11 Å². The number of nitrogens with zero attached hydrogens (tertiary/aromatic N) is 1. The van der Waals surface area contributed by atoms with Gasteiger partial charge in [-0.05, 0) is 52.6 Å². The van der Waals surface area contributed by atoms with E-state index in [0.717, 1.165) is 16.7 Å². The number of hydrogen-bond acceptors (Lipinski definition) is 5. The van der Waals surface area contributed by atoms with Crippen LogP contribution < -0.4 is 9.47 Å². The molecule has 0 atom stereocenters. The largest absolute Gasteiger partial charge is 0.493 e. The highest BCUT2D eigenvalue weighted by Gasteiger charge is 2.32. The summed E-state index contributed by atoms with van der Waals surface area (Å²) in [5.41, 5.74) is 4.19. The molecule has 1 fully saturated rings. The molecule has 1 aliphatic rings. The maximum atomic E-state index is 13.1. The van der Waals surface area contributed by atoms with Crippen LogP contribution in [0.1, 0.15) is 22.3 Å². The molecule has 4 nitrogen and oxygen atoms in total. The fraction of sp³-hybridized carbons (Fsp3) is 0.133. The molecule has 6 heteroatoms. The second-order valence-electron chi connectivity index (χ2n) is 8.59. The first-order chi connectivity index (χ1) is 17.5. The second kappa shape index (κ2) is 10.6. The number of ether oxygens (including phenoxy) is 2. The fourth-order valence-corrected chi connectivity index (χ4v) is 5.39. The third-order valence-corrected chi connectivity index (χ3v) is 7.46. The first-order valence-corrected chi connectivity index (χ1v) is 12.8. The molecular weight excluding hydrogens is 486 g/mol. The lowest BCUT2D eigenvalue weighted by atomic mass is 10.1. The van der Waals surface area contributed by atoms with Gasteiger partial charge in [0.05, 0.1) is 18.6 Å². The lowest BCUT2D eigenvalue weighted by molar-refractivity contribution is -0.122. The van der Waals surface area contributed by atoms with Crippen LogP contribution in [-0.4, -0.2) is 22.2 Å². The first-order valence-electron chi connectivity index (χ1n) is 11.6. The van der Waals surface area contributed by atoms with Gasteiger partial charge in [-0.15, -0.1) is 0 Å². The summed E-state index contributed by atoms with van der Waals surface area (Å²) in [6, 6.07) is 28.3. The summed E-state index contributed by atoms with van der Waals surface area (Å²) in [5, 5.41) is 2.35. The predicted molar refractivity (Wildman–Crippen MR) is 151 cm³/mol. The topological polar surface area (TPSA) is 38.8 Å². The third-order valence-electron chi connectivity index (χ3n) is 6.08. The van der Waals surface area contributed by atoms with Gasteiger partial charge in [0.25, 0.3) is 5.91 Å². The average molecular weight is 512 g/mol. The van der Waals surface area contributed by atoms with E-state index in [1.165, 1.54) is 28.1 Å². The molecule has 0 radical (unpaired) electrons. The highest BCUT2D eigenvalue weighted by molar-refractivity contribution is 8.26. The number of thioether (sulfide) groups is 1. The number of fused-ring (bicyclic) bond motifs is 1. The monoisotopic (exact) mass is 511 g/mol. The van der Waals surface area contributed by atoms with E-state index in [1.54, 1.807) is 12.0 Å². The highest BCUT2D eigenvalue weighted by Crippen LogP contribution is 2.36. The molecule has 180 valence electrons. The van der Waals surface area contributed by atoms with Crippen molar-refractivity contribution in [3.05, 3.63) is 112 Å². The summed E-state index contributed by atoms with van der Waals surface area (Å²) in [7, 11) is 1.62. The van der Waals surface area contributed by atoms with E-state index in [4.69, 9.17) is 21.7 Å². The minimum atomic E-state index is -0.0826. The summed E-state index contributed by atoms with van der Waals surface area (Å²) in [6.07, 6.45) is 1.85. The van der Waals surface area contributed by atoms with Gasteiger partial charge in [0.1, 0.15) is 10.9 Å². The van der Waals surface area contributed by atoms with Crippen molar-refractivity contribution < 1.29 is 14.3 Å². The molecule has 0 N–H and O–H groups in total. The van der Waals surface area contributed by atoms with Crippen molar-refractivity contribution >= 4 is 51.1 Å². The predicted octanol–water partition coefficient (Wildman–Crippen LogP) is 7.14. The Balaban J connectivity index is 1.32. The Morgan fingerprint density at radius 1 is 0.944 bits per heavy atom. The van der Waals surface area contributed by atoms with Gasteiger partial charge in [0, 0.05) is 0 Å². The standard InChI is InChI=1S/C30H25NO3S2/c1-20-10-12-21(13-11-20)18-31-29(32)28(36-30(31)35)17-22-14-15-26(27(16-22)33-2)34-19-24-8-5-7-23-6-3-4-9-25(23)24/h3-17H,18-19H2,1-2H3. The van der Waals surface area contributed by atoms with Crippen LogP contribution >= 0.6 is 24.0 Å². The minimum Gasteiger partial charge on any atom is -0.493 e. The number of amides is 1. The van der Waals surface area contributed by atoms with E-state index >= 15 is 0 Å². The van der Waals surface area contributed by atoms with Crippen LogP contribution in [0.2, 0.25) is 0 Å². The van der Waals surface area contributed by atoms with Gasteiger partial charge in [0.15, 0.2) is 11.5 Å². The van der Waals surface area contributed by atoms with Crippen LogP contribution in [0.4, 0.5) is 0 Å². The Morgan fingerprint density at radius 2 is 1.72 bits per heavy atom. The molecule has 4 aromatic carbocycles. The van der Waals surface area contributed by atoms with Crippen LogP contribution in [-0.2, 0) is 17.9 Å². The fourth-order valence-electron chi connectivity index (χ4n) is 4.13. The maximum Gasteiger partial charge on any atom is 0.266 e. The van der Waals surface area contributed by atoms with E-state index in [-0.39, 0.29) is 5.91 Å². The molecule has 1 heterocycles. The van der Waals surface area contributed by atoms with E-state index in [1.807, 2.05) is 73.7 Å². The van der Waals surface area contributed by atoms with Crippen molar-refractivity contribution in [2.45, 2.75) is 20.1 Å². The third kappa shape index (κ3) is 5.15. The molecule has 0 unspecified atom stereocenters. The number of carbonyl (C=O) groups is 1. The SMILES string of the molecule is COc1cc(C=C2SC(=S)N(Cc3ccc(C)cc3)C2=O)ccc1OCc1cccc2ccccc12. The van der Waals surface area contributed by atoms with Crippen molar-refractivity contribution in [3.63, 3.8) is 0 Å². The Hall–Kier alpha value is -3.61. The number of thiocarbonyl (C=S) groups is 1. The van der Waals surface area contributed by atoms with Gasteiger partial charge in [-0.1, -0.05) is 102 Å². The molecule has 0 bridgehead atoms. The zero-order valence-corrected chi connectivity index (χ0v) is 21.7. The Morgan fingerprint density at radius 3 is 2.53 bits per heavy atom. The van der Waals surface area contributed by atoms with Crippen molar-refractivity contribution in [1.82, 2.24) is 4.90 Å². The van der Waals surface area contributed by atoms with E-state index < -0.39 is 0 Å². The summed E-state index contributed by atoms with van der Waals surface area (Å²) in [5.74, 6) is 1.18. The molecule has 1 saturated heterocycles. The molecule has 0 aromatic heterocycles.